The number of nitrogens with two attached hydrogens (primary N) is 1. The third-order valence-electron chi connectivity index (χ3n) is 2.99. The second-order valence-electron chi connectivity index (χ2n) is 4.11. The van der Waals surface area contributed by atoms with Crippen molar-refractivity contribution in [2.75, 3.05) is 6.26 Å². The Kier molecular flexibility index (Phi) is 5.46. The quantitative estimate of drug-likeness (QED) is 0.357. The summed E-state index contributed by atoms with van der Waals surface area (Å²) in [5.41, 5.74) is 4.00. The third kappa shape index (κ3) is 3.02. The maximum absolute atomic E-state index is 14.4. The molecule has 0 saturated carbocycles. The standard InChI is InChI=1S/C14H13BrClFN2S/c1-20-11-5-3-2-4-8(11)14(19-18)9-6-7-10(15)12(16)13(9)17/h2-7,14,19H,18H2,1H3. The molecule has 2 nitrogen and oxygen atoms in total. The van der Waals surface area contributed by atoms with Gasteiger partial charge in [-0.25, -0.2) is 9.82 Å². The molecule has 3 N–H and O–H groups in total. The molecule has 0 aliphatic rings. The van der Waals surface area contributed by atoms with Crippen LogP contribution in [0.3, 0.4) is 0 Å². The van der Waals surface area contributed by atoms with Crippen molar-refractivity contribution < 1.29 is 4.39 Å². The topological polar surface area (TPSA) is 38.0 Å². The molecule has 106 valence electrons. The highest BCUT2D eigenvalue weighted by molar-refractivity contribution is 9.10. The van der Waals surface area contributed by atoms with E-state index in [2.05, 4.69) is 21.4 Å². The lowest BCUT2D eigenvalue weighted by atomic mass is 9.99. The van der Waals surface area contributed by atoms with Crippen molar-refractivity contribution in [3.63, 3.8) is 0 Å². The van der Waals surface area contributed by atoms with E-state index in [9.17, 15) is 4.39 Å². The molecule has 2 rings (SSSR count). The van der Waals surface area contributed by atoms with Gasteiger partial charge >= 0.3 is 0 Å². The van der Waals surface area contributed by atoms with E-state index in [-0.39, 0.29) is 5.02 Å². The number of rotatable bonds is 4. The average Bonchev–Trinajstić information content (AvgIpc) is 2.48. The van der Waals surface area contributed by atoms with E-state index < -0.39 is 11.9 Å². The van der Waals surface area contributed by atoms with Gasteiger partial charge in [0.2, 0.25) is 0 Å². The summed E-state index contributed by atoms with van der Waals surface area (Å²) in [5.74, 6) is 5.16. The van der Waals surface area contributed by atoms with Crippen LogP contribution in [0.15, 0.2) is 45.8 Å². The molecule has 0 aliphatic heterocycles. The van der Waals surface area contributed by atoms with Gasteiger partial charge in [-0.1, -0.05) is 35.9 Å². The van der Waals surface area contributed by atoms with Crippen LogP contribution in [0, 0.1) is 5.82 Å². The fourth-order valence-electron chi connectivity index (χ4n) is 2.02. The summed E-state index contributed by atoms with van der Waals surface area (Å²) in [7, 11) is 0. The SMILES string of the molecule is CSc1ccccc1C(NN)c1ccc(Br)c(Cl)c1F. The Morgan fingerprint density at radius 1 is 1.25 bits per heavy atom. The van der Waals surface area contributed by atoms with Crippen LogP contribution in [0.5, 0.6) is 0 Å². The number of halogens is 3. The van der Waals surface area contributed by atoms with E-state index in [0.29, 0.717) is 10.0 Å². The van der Waals surface area contributed by atoms with Crippen LogP contribution in [0.25, 0.3) is 0 Å². The van der Waals surface area contributed by atoms with Crippen LogP contribution in [-0.2, 0) is 0 Å². The molecule has 1 unspecified atom stereocenters. The van der Waals surface area contributed by atoms with E-state index in [1.807, 2.05) is 30.5 Å². The fourth-order valence-corrected chi connectivity index (χ4v) is 3.13. The molecule has 1 atom stereocenters. The molecule has 2 aromatic rings. The highest BCUT2D eigenvalue weighted by Crippen LogP contribution is 2.35. The number of thioether (sulfide) groups is 1. The Morgan fingerprint density at radius 3 is 2.60 bits per heavy atom. The smallest absolute Gasteiger partial charge is 0.148 e. The van der Waals surface area contributed by atoms with Crippen LogP contribution in [0.1, 0.15) is 17.2 Å². The first-order chi connectivity index (χ1) is 9.60. The van der Waals surface area contributed by atoms with Gasteiger partial charge in [0, 0.05) is 14.9 Å². The van der Waals surface area contributed by atoms with Crippen molar-refractivity contribution in [1.82, 2.24) is 5.43 Å². The number of hydrogen-bond donors (Lipinski definition) is 2. The molecule has 6 heteroatoms. The maximum Gasteiger partial charge on any atom is 0.148 e. The molecule has 20 heavy (non-hydrogen) atoms. The van der Waals surface area contributed by atoms with E-state index in [4.69, 9.17) is 17.4 Å². The molecule has 0 spiro atoms. The zero-order valence-electron chi connectivity index (χ0n) is 10.7. The van der Waals surface area contributed by atoms with E-state index in [1.54, 1.807) is 23.9 Å². The van der Waals surface area contributed by atoms with Crippen molar-refractivity contribution in [3.05, 3.63) is 62.8 Å². The monoisotopic (exact) mass is 374 g/mol. The van der Waals surface area contributed by atoms with E-state index in [0.717, 1.165) is 10.5 Å². The van der Waals surface area contributed by atoms with Gasteiger partial charge < -0.3 is 0 Å². The van der Waals surface area contributed by atoms with Crippen LogP contribution < -0.4 is 11.3 Å². The molecule has 0 amide bonds. The Bertz CT molecular complexity index is 624. The van der Waals surface area contributed by atoms with Gasteiger partial charge in [-0.3, -0.25) is 5.84 Å². The molecule has 0 aromatic heterocycles. The Hall–Kier alpha value is -0.590. The molecular weight excluding hydrogens is 363 g/mol. The number of benzene rings is 2. The van der Waals surface area contributed by atoms with Crippen LogP contribution >= 0.6 is 39.3 Å². The molecular formula is C14H13BrClFN2S. The lowest BCUT2D eigenvalue weighted by Gasteiger charge is -2.20. The highest BCUT2D eigenvalue weighted by atomic mass is 79.9. The predicted molar refractivity (Wildman–Crippen MR) is 86.5 cm³/mol. The highest BCUT2D eigenvalue weighted by Gasteiger charge is 2.21. The molecule has 0 saturated heterocycles. The number of hydrazine groups is 1. The predicted octanol–water partition coefficient (Wildman–Crippen LogP) is 4.52. The van der Waals surface area contributed by atoms with Crippen molar-refractivity contribution >= 4 is 39.3 Å². The van der Waals surface area contributed by atoms with Crippen molar-refractivity contribution in [3.8, 4) is 0 Å². The van der Waals surface area contributed by atoms with Gasteiger partial charge in [-0.15, -0.1) is 11.8 Å². The first-order valence-electron chi connectivity index (χ1n) is 5.82. The van der Waals surface area contributed by atoms with Crippen LogP contribution in [0.2, 0.25) is 5.02 Å². The van der Waals surface area contributed by atoms with Gasteiger partial charge in [0.05, 0.1) is 11.1 Å². The van der Waals surface area contributed by atoms with Gasteiger partial charge in [0.1, 0.15) is 5.82 Å². The summed E-state index contributed by atoms with van der Waals surface area (Å²) in [6.07, 6.45) is 1.97. The summed E-state index contributed by atoms with van der Waals surface area (Å²) in [4.78, 5) is 1.04. The van der Waals surface area contributed by atoms with Crippen LogP contribution in [0.4, 0.5) is 4.39 Å². The van der Waals surface area contributed by atoms with Gasteiger partial charge in [0.25, 0.3) is 0 Å². The van der Waals surface area contributed by atoms with Gasteiger partial charge in [0.15, 0.2) is 0 Å². The second-order valence-corrected chi connectivity index (χ2v) is 6.19. The van der Waals surface area contributed by atoms with Crippen molar-refractivity contribution in [2.24, 2.45) is 5.84 Å². The van der Waals surface area contributed by atoms with Crippen molar-refractivity contribution in [1.29, 1.82) is 0 Å². The zero-order chi connectivity index (χ0) is 14.7. The Labute approximate surface area is 135 Å². The fraction of sp³-hybridized carbons (Fsp3) is 0.143. The minimum Gasteiger partial charge on any atom is -0.271 e. The number of nitrogens with one attached hydrogen (secondary N) is 1. The largest absolute Gasteiger partial charge is 0.271 e. The maximum atomic E-state index is 14.4. The lowest BCUT2D eigenvalue weighted by Crippen LogP contribution is -2.30. The summed E-state index contributed by atoms with van der Waals surface area (Å²) in [6.45, 7) is 0. The average molecular weight is 376 g/mol. The molecule has 0 aliphatic carbocycles. The summed E-state index contributed by atoms with van der Waals surface area (Å²) in [6, 6.07) is 10.7. The van der Waals surface area contributed by atoms with Crippen molar-refractivity contribution in [2.45, 2.75) is 10.9 Å². The second kappa shape index (κ2) is 6.91. The molecule has 0 heterocycles. The lowest BCUT2D eigenvalue weighted by molar-refractivity contribution is 0.556. The van der Waals surface area contributed by atoms with Gasteiger partial charge in [-0.05, 0) is 39.9 Å². The Morgan fingerprint density at radius 2 is 1.95 bits per heavy atom. The van der Waals surface area contributed by atoms with Gasteiger partial charge in [-0.2, -0.15) is 0 Å². The third-order valence-corrected chi connectivity index (χ3v) is 5.06. The molecule has 0 radical (unpaired) electrons. The molecule has 0 fully saturated rings. The molecule has 2 aromatic carbocycles. The minimum atomic E-state index is -0.472. The van der Waals surface area contributed by atoms with Crippen LogP contribution in [-0.4, -0.2) is 6.26 Å². The summed E-state index contributed by atoms with van der Waals surface area (Å²) in [5, 5.41) is 0.0596. The van der Waals surface area contributed by atoms with E-state index in [1.165, 1.54) is 0 Å². The first kappa shape index (κ1) is 15.8. The zero-order valence-corrected chi connectivity index (χ0v) is 13.8. The number of hydrogen-bond acceptors (Lipinski definition) is 3. The first-order valence-corrected chi connectivity index (χ1v) is 8.22. The summed E-state index contributed by atoms with van der Waals surface area (Å²) >= 11 is 10.7. The Balaban J connectivity index is 2.56. The normalized spacial score (nSPS) is 12.4. The molecule has 0 bridgehead atoms. The van der Waals surface area contributed by atoms with E-state index >= 15 is 0 Å². The minimum absolute atomic E-state index is 0.0596. The summed E-state index contributed by atoms with van der Waals surface area (Å²) < 4.78 is 14.9.